The van der Waals surface area contributed by atoms with Crippen LogP contribution in [0.2, 0.25) is 0 Å². The lowest BCUT2D eigenvalue weighted by Crippen LogP contribution is -2.57. The van der Waals surface area contributed by atoms with E-state index in [1.54, 1.807) is 13.1 Å². The van der Waals surface area contributed by atoms with Crippen molar-refractivity contribution in [1.82, 2.24) is 19.7 Å². The number of amides is 1. The van der Waals surface area contributed by atoms with E-state index in [1.165, 1.54) is 28.3 Å². The van der Waals surface area contributed by atoms with Gasteiger partial charge in [0.1, 0.15) is 17.8 Å². The molecule has 1 saturated heterocycles. The maximum atomic E-state index is 12.3. The fourth-order valence-corrected chi connectivity index (χ4v) is 3.71. The molecule has 0 aromatic carbocycles. The fraction of sp³-hybridized carbons (Fsp3) is 0.364. The number of carbonyl (C=O) groups is 1. The number of aryl methyl sites for hydroxylation is 1. The molecule has 20 heavy (non-hydrogen) atoms. The third-order valence-corrected chi connectivity index (χ3v) is 5.32. The van der Waals surface area contributed by atoms with E-state index >= 15 is 0 Å². The average molecular weight is 296 g/mol. The Morgan fingerprint density at radius 1 is 1.45 bits per heavy atom. The van der Waals surface area contributed by atoms with E-state index in [-0.39, 0.29) is 24.2 Å². The summed E-state index contributed by atoms with van der Waals surface area (Å²) < 4.78 is 30.7. The van der Waals surface area contributed by atoms with Gasteiger partial charge >= 0.3 is 0 Å². The molecule has 8 nitrogen and oxygen atoms in total. The molecule has 3 rings (SSSR count). The van der Waals surface area contributed by atoms with Gasteiger partial charge in [-0.25, -0.2) is 8.42 Å². The molecule has 0 unspecified atom stereocenters. The standard InChI is InChI=1S/C11H12N4O4S/c1-14-7-12-13-11(14)20(17,18)9-4-15(5-9)10(16)8-2-3-19-6-8/h2-3,6-7,9H,4-5H2,1H3. The minimum atomic E-state index is -3.55. The maximum Gasteiger partial charge on any atom is 0.257 e. The lowest BCUT2D eigenvalue weighted by Gasteiger charge is -2.37. The second-order valence-electron chi connectivity index (χ2n) is 4.61. The lowest BCUT2D eigenvalue weighted by molar-refractivity contribution is 0.0657. The summed E-state index contributed by atoms with van der Waals surface area (Å²) in [4.78, 5) is 13.4. The van der Waals surface area contributed by atoms with E-state index in [9.17, 15) is 13.2 Å². The van der Waals surface area contributed by atoms with Gasteiger partial charge in [-0.1, -0.05) is 0 Å². The predicted molar refractivity (Wildman–Crippen MR) is 66.6 cm³/mol. The summed E-state index contributed by atoms with van der Waals surface area (Å²) in [6.45, 7) is 0.304. The number of sulfone groups is 1. The van der Waals surface area contributed by atoms with Crippen LogP contribution in [0.25, 0.3) is 0 Å². The summed E-state index contributed by atoms with van der Waals surface area (Å²) in [7, 11) is -1.98. The number of aromatic nitrogens is 3. The van der Waals surface area contributed by atoms with Gasteiger partial charge in [0.25, 0.3) is 5.91 Å². The monoisotopic (exact) mass is 296 g/mol. The van der Waals surface area contributed by atoms with Crippen molar-refractivity contribution in [2.75, 3.05) is 13.1 Å². The zero-order valence-corrected chi connectivity index (χ0v) is 11.4. The Kier molecular flexibility index (Phi) is 2.85. The maximum absolute atomic E-state index is 12.3. The molecule has 0 saturated carbocycles. The van der Waals surface area contributed by atoms with Crippen molar-refractivity contribution in [3.63, 3.8) is 0 Å². The number of likely N-dealkylation sites (tertiary alicyclic amines) is 1. The van der Waals surface area contributed by atoms with Crippen LogP contribution in [-0.2, 0) is 16.9 Å². The highest BCUT2D eigenvalue weighted by Crippen LogP contribution is 2.23. The molecule has 0 aliphatic carbocycles. The van der Waals surface area contributed by atoms with Gasteiger partial charge in [-0.3, -0.25) is 4.79 Å². The smallest absolute Gasteiger partial charge is 0.257 e. The summed E-state index contributed by atoms with van der Waals surface area (Å²) >= 11 is 0. The molecule has 0 N–H and O–H groups in total. The molecule has 0 atom stereocenters. The second kappa shape index (κ2) is 4.44. The summed E-state index contributed by atoms with van der Waals surface area (Å²) in [6, 6.07) is 1.55. The van der Waals surface area contributed by atoms with Crippen LogP contribution in [0.1, 0.15) is 10.4 Å². The van der Waals surface area contributed by atoms with Crippen LogP contribution in [0.5, 0.6) is 0 Å². The zero-order chi connectivity index (χ0) is 14.3. The summed E-state index contributed by atoms with van der Waals surface area (Å²) in [6.07, 6.45) is 4.08. The first-order valence-corrected chi connectivity index (χ1v) is 7.44. The SMILES string of the molecule is Cn1cnnc1S(=O)(=O)C1CN(C(=O)c2ccoc2)C1. The molecule has 2 aromatic heterocycles. The van der Waals surface area contributed by atoms with Gasteiger partial charge in [0, 0.05) is 20.1 Å². The van der Waals surface area contributed by atoms with Gasteiger partial charge in [-0.15, -0.1) is 10.2 Å². The Morgan fingerprint density at radius 2 is 2.20 bits per heavy atom. The Morgan fingerprint density at radius 3 is 2.75 bits per heavy atom. The fourth-order valence-electron chi connectivity index (χ4n) is 2.05. The molecule has 1 amide bonds. The molecule has 2 aromatic rings. The molecule has 1 aliphatic heterocycles. The zero-order valence-electron chi connectivity index (χ0n) is 10.6. The van der Waals surface area contributed by atoms with Crippen LogP contribution in [0.15, 0.2) is 34.5 Å². The molecule has 106 valence electrons. The van der Waals surface area contributed by atoms with Crippen LogP contribution >= 0.6 is 0 Å². The third kappa shape index (κ3) is 1.90. The largest absolute Gasteiger partial charge is 0.472 e. The Labute approximate surface area is 114 Å². The summed E-state index contributed by atoms with van der Waals surface area (Å²) in [5.74, 6) is -0.233. The first-order chi connectivity index (χ1) is 9.50. The molecule has 0 spiro atoms. The Balaban J connectivity index is 1.72. The van der Waals surface area contributed by atoms with Crippen molar-refractivity contribution in [3.8, 4) is 0 Å². The highest BCUT2D eigenvalue weighted by Gasteiger charge is 2.42. The number of furan rings is 1. The third-order valence-electron chi connectivity index (χ3n) is 3.27. The van der Waals surface area contributed by atoms with Gasteiger partial charge in [0.2, 0.25) is 15.0 Å². The van der Waals surface area contributed by atoms with Crippen LogP contribution in [-0.4, -0.2) is 52.3 Å². The van der Waals surface area contributed by atoms with Gasteiger partial charge in [0.05, 0.1) is 11.8 Å². The molecule has 0 bridgehead atoms. The van der Waals surface area contributed by atoms with Crippen molar-refractivity contribution in [2.45, 2.75) is 10.4 Å². The van der Waals surface area contributed by atoms with E-state index in [0.29, 0.717) is 5.56 Å². The number of rotatable bonds is 3. The molecule has 1 aliphatic rings. The molecule has 9 heteroatoms. The first-order valence-electron chi connectivity index (χ1n) is 5.89. The molecule has 3 heterocycles. The lowest BCUT2D eigenvalue weighted by atomic mass is 10.2. The van der Waals surface area contributed by atoms with Crippen molar-refractivity contribution in [2.24, 2.45) is 7.05 Å². The van der Waals surface area contributed by atoms with E-state index in [4.69, 9.17) is 4.42 Å². The van der Waals surface area contributed by atoms with E-state index in [0.717, 1.165) is 0 Å². The van der Waals surface area contributed by atoms with E-state index in [2.05, 4.69) is 10.2 Å². The van der Waals surface area contributed by atoms with E-state index in [1.807, 2.05) is 0 Å². The highest BCUT2D eigenvalue weighted by molar-refractivity contribution is 7.92. The van der Waals surface area contributed by atoms with E-state index < -0.39 is 15.1 Å². The Bertz CT molecular complexity index is 728. The predicted octanol–water partition coefficient (Wildman–Crippen LogP) is -0.294. The van der Waals surface area contributed by atoms with Crippen molar-refractivity contribution in [3.05, 3.63) is 30.5 Å². The van der Waals surface area contributed by atoms with Gasteiger partial charge in [-0.05, 0) is 6.07 Å². The van der Waals surface area contributed by atoms with Gasteiger partial charge in [-0.2, -0.15) is 0 Å². The molecule has 1 fully saturated rings. The van der Waals surface area contributed by atoms with Crippen LogP contribution in [0, 0.1) is 0 Å². The van der Waals surface area contributed by atoms with Crippen molar-refractivity contribution < 1.29 is 17.6 Å². The van der Waals surface area contributed by atoms with Gasteiger partial charge in [0.15, 0.2) is 0 Å². The average Bonchev–Trinajstić information content (AvgIpc) is 2.96. The normalized spacial score (nSPS) is 16.1. The topological polar surface area (TPSA) is 98.3 Å². The Hall–Kier alpha value is -2.16. The minimum absolute atomic E-state index is 0.0714. The molecule has 0 radical (unpaired) electrons. The van der Waals surface area contributed by atoms with Crippen LogP contribution < -0.4 is 0 Å². The van der Waals surface area contributed by atoms with Crippen LogP contribution in [0.4, 0.5) is 0 Å². The number of hydrogen-bond acceptors (Lipinski definition) is 6. The minimum Gasteiger partial charge on any atom is -0.472 e. The number of carbonyl (C=O) groups excluding carboxylic acids is 1. The second-order valence-corrected chi connectivity index (χ2v) is 6.74. The molecular formula is C11H12N4O4S. The molecular weight excluding hydrogens is 284 g/mol. The highest BCUT2D eigenvalue weighted by atomic mass is 32.2. The summed E-state index contributed by atoms with van der Waals surface area (Å²) in [5, 5.41) is 6.47. The number of nitrogens with zero attached hydrogens (tertiary/aromatic N) is 4. The van der Waals surface area contributed by atoms with Crippen LogP contribution in [0.3, 0.4) is 0 Å². The van der Waals surface area contributed by atoms with Crippen molar-refractivity contribution in [1.29, 1.82) is 0 Å². The van der Waals surface area contributed by atoms with Gasteiger partial charge < -0.3 is 13.9 Å². The first kappa shape index (κ1) is 12.9. The quantitative estimate of drug-likeness (QED) is 0.771. The van der Waals surface area contributed by atoms with Crippen molar-refractivity contribution >= 4 is 15.7 Å². The number of hydrogen-bond donors (Lipinski definition) is 0. The summed E-state index contributed by atoms with van der Waals surface area (Å²) in [5.41, 5.74) is 0.416.